The van der Waals surface area contributed by atoms with Gasteiger partial charge in [-0.15, -0.1) is 0 Å². The molecule has 0 aliphatic heterocycles. The highest BCUT2D eigenvalue weighted by Gasteiger charge is 2.42. The van der Waals surface area contributed by atoms with Gasteiger partial charge in [-0.05, 0) is 43.4 Å². The van der Waals surface area contributed by atoms with Crippen molar-refractivity contribution in [1.29, 1.82) is 5.26 Å². The molecule has 0 saturated heterocycles. The lowest BCUT2D eigenvalue weighted by atomic mass is 9.68. The third-order valence-corrected chi connectivity index (χ3v) is 3.84. The Hall–Kier alpha value is -1.86. The summed E-state index contributed by atoms with van der Waals surface area (Å²) in [5, 5.41) is 18.5. The Morgan fingerprint density at radius 3 is 2.67 bits per heavy atom. The molecule has 0 unspecified atom stereocenters. The number of hydrogen-bond donors (Lipinski definition) is 2. The van der Waals surface area contributed by atoms with Gasteiger partial charge in [0.25, 0.3) is 0 Å². The first-order valence-corrected chi connectivity index (χ1v) is 6.08. The predicted octanol–water partition coefficient (Wildman–Crippen LogP) is 1.78. The smallest absolute Gasteiger partial charge is 0.314 e. The maximum absolute atomic E-state index is 11.7. The molecule has 1 saturated carbocycles. The molecule has 2 rings (SSSR count). The number of carboxylic acid groups (broad SMARTS) is 1. The van der Waals surface area contributed by atoms with Crippen LogP contribution in [0, 0.1) is 11.3 Å². The van der Waals surface area contributed by atoms with Crippen LogP contribution in [0.1, 0.15) is 36.8 Å². The summed E-state index contributed by atoms with van der Waals surface area (Å²) in [4.78, 5) is 11.7. The van der Waals surface area contributed by atoms with E-state index in [0.29, 0.717) is 31.2 Å². The van der Waals surface area contributed by atoms with Crippen molar-refractivity contribution >= 4 is 5.97 Å². The molecule has 0 heterocycles. The molecule has 1 aliphatic carbocycles. The van der Waals surface area contributed by atoms with Crippen LogP contribution in [0.25, 0.3) is 0 Å². The Morgan fingerprint density at radius 2 is 2.11 bits per heavy atom. The monoisotopic (exact) mass is 244 g/mol. The summed E-state index contributed by atoms with van der Waals surface area (Å²) in [5.74, 6) is -0.815. The number of nitriles is 1. The minimum absolute atomic E-state index is 0.0941. The standard InChI is InChI=1S/C14H16N2O2/c15-9-10-2-1-3-11(8-10)14(13(17)18)6-4-12(16)5-7-14/h1-3,8,12H,4-7,16H2,(H,17,18). The molecule has 1 fully saturated rings. The Kier molecular flexibility index (Phi) is 3.35. The van der Waals surface area contributed by atoms with Gasteiger partial charge in [0.2, 0.25) is 0 Å². The summed E-state index contributed by atoms with van der Waals surface area (Å²) in [6.07, 6.45) is 2.50. The molecule has 0 bridgehead atoms. The van der Waals surface area contributed by atoms with Crippen LogP contribution in [0.5, 0.6) is 0 Å². The number of rotatable bonds is 2. The van der Waals surface area contributed by atoms with E-state index in [2.05, 4.69) is 6.07 Å². The molecule has 1 aromatic rings. The molecule has 0 atom stereocenters. The summed E-state index contributed by atoms with van der Waals surface area (Å²) in [6.45, 7) is 0. The highest BCUT2D eigenvalue weighted by Crippen LogP contribution is 2.39. The van der Waals surface area contributed by atoms with Gasteiger partial charge in [0.1, 0.15) is 0 Å². The van der Waals surface area contributed by atoms with Gasteiger partial charge >= 0.3 is 5.97 Å². The van der Waals surface area contributed by atoms with Gasteiger partial charge in [-0.2, -0.15) is 5.26 Å². The number of hydrogen-bond acceptors (Lipinski definition) is 3. The van der Waals surface area contributed by atoms with Crippen molar-refractivity contribution in [2.45, 2.75) is 37.1 Å². The number of nitrogens with zero attached hydrogens (tertiary/aromatic N) is 1. The summed E-state index contributed by atoms with van der Waals surface area (Å²) < 4.78 is 0. The molecule has 4 nitrogen and oxygen atoms in total. The molecule has 0 spiro atoms. The number of carboxylic acids is 1. The van der Waals surface area contributed by atoms with Gasteiger partial charge in [0.15, 0.2) is 0 Å². The molecule has 18 heavy (non-hydrogen) atoms. The Labute approximate surface area is 106 Å². The van der Waals surface area contributed by atoms with E-state index in [1.54, 1.807) is 24.3 Å². The molecular weight excluding hydrogens is 228 g/mol. The highest BCUT2D eigenvalue weighted by molar-refractivity contribution is 5.81. The van der Waals surface area contributed by atoms with Crippen molar-refractivity contribution in [2.24, 2.45) is 5.73 Å². The number of aliphatic carboxylic acids is 1. The van der Waals surface area contributed by atoms with Crippen molar-refractivity contribution in [3.63, 3.8) is 0 Å². The van der Waals surface area contributed by atoms with E-state index in [-0.39, 0.29) is 6.04 Å². The molecular formula is C14H16N2O2. The third-order valence-electron chi connectivity index (χ3n) is 3.84. The van der Waals surface area contributed by atoms with Crippen LogP contribution in [0.15, 0.2) is 24.3 Å². The van der Waals surface area contributed by atoms with E-state index >= 15 is 0 Å². The fourth-order valence-corrected chi connectivity index (χ4v) is 2.65. The van der Waals surface area contributed by atoms with Gasteiger partial charge in [0, 0.05) is 6.04 Å². The lowest BCUT2D eigenvalue weighted by Crippen LogP contribution is -2.42. The zero-order chi connectivity index (χ0) is 13.2. The van der Waals surface area contributed by atoms with Crippen molar-refractivity contribution < 1.29 is 9.90 Å². The topological polar surface area (TPSA) is 87.1 Å². The van der Waals surface area contributed by atoms with E-state index in [1.165, 1.54) is 0 Å². The molecule has 4 heteroatoms. The Bertz CT molecular complexity index is 497. The van der Waals surface area contributed by atoms with E-state index < -0.39 is 11.4 Å². The number of carbonyl (C=O) groups is 1. The SMILES string of the molecule is N#Cc1cccc(C2(C(=O)O)CCC(N)CC2)c1. The van der Waals surface area contributed by atoms with Crippen molar-refractivity contribution in [1.82, 2.24) is 0 Å². The maximum Gasteiger partial charge on any atom is 0.314 e. The average Bonchev–Trinajstić information content (AvgIpc) is 2.39. The number of nitrogens with two attached hydrogens (primary N) is 1. The van der Waals surface area contributed by atoms with Crippen LogP contribution in [0.4, 0.5) is 0 Å². The van der Waals surface area contributed by atoms with Crippen LogP contribution >= 0.6 is 0 Å². The van der Waals surface area contributed by atoms with Crippen LogP contribution < -0.4 is 5.73 Å². The van der Waals surface area contributed by atoms with Crippen molar-refractivity contribution in [3.8, 4) is 6.07 Å². The number of benzene rings is 1. The van der Waals surface area contributed by atoms with Gasteiger partial charge < -0.3 is 10.8 Å². The van der Waals surface area contributed by atoms with Crippen LogP contribution in [-0.2, 0) is 10.2 Å². The van der Waals surface area contributed by atoms with E-state index in [9.17, 15) is 9.90 Å². The third kappa shape index (κ3) is 2.09. The summed E-state index contributed by atoms with van der Waals surface area (Å²) >= 11 is 0. The van der Waals surface area contributed by atoms with E-state index in [1.807, 2.05) is 0 Å². The molecule has 1 aromatic carbocycles. The first-order valence-electron chi connectivity index (χ1n) is 6.08. The normalized spacial score (nSPS) is 27.4. The quantitative estimate of drug-likeness (QED) is 0.830. The fourth-order valence-electron chi connectivity index (χ4n) is 2.65. The summed E-state index contributed by atoms with van der Waals surface area (Å²) in [6, 6.07) is 9.06. The van der Waals surface area contributed by atoms with Gasteiger partial charge in [-0.1, -0.05) is 12.1 Å². The Morgan fingerprint density at radius 1 is 1.44 bits per heavy atom. The molecule has 0 aromatic heterocycles. The van der Waals surface area contributed by atoms with Crippen molar-refractivity contribution in [2.75, 3.05) is 0 Å². The minimum Gasteiger partial charge on any atom is -0.481 e. The van der Waals surface area contributed by atoms with Crippen LogP contribution in [0.2, 0.25) is 0 Å². The largest absolute Gasteiger partial charge is 0.481 e. The van der Waals surface area contributed by atoms with Crippen molar-refractivity contribution in [3.05, 3.63) is 35.4 Å². The zero-order valence-electron chi connectivity index (χ0n) is 10.1. The average molecular weight is 244 g/mol. The van der Waals surface area contributed by atoms with Crippen LogP contribution in [-0.4, -0.2) is 17.1 Å². The first-order chi connectivity index (χ1) is 8.58. The predicted molar refractivity (Wildman–Crippen MR) is 66.9 cm³/mol. The second-order valence-electron chi connectivity index (χ2n) is 4.92. The lowest BCUT2D eigenvalue weighted by Gasteiger charge is -2.36. The fraction of sp³-hybridized carbons (Fsp3) is 0.429. The highest BCUT2D eigenvalue weighted by atomic mass is 16.4. The Balaban J connectivity index is 2.42. The van der Waals surface area contributed by atoms with E-state index in [0.717, 1.165) is 5.56 Å². The second-order valence-corrected chi connectivity index (χ2v) is 4.92. The molecule has 3 N–H and O–H groups in total. The molecule has 94 valence electrons. The lowest BCUT2D eigenvalue weighted by molar-refractivity contribution is -0.145. The van der Waals surface area contributed by atoms with Gasteiger partial charge in [-0.3, -0.25) is 4.79 Å². The zero-order valence-corrected chi connectivity index (χ0v) is 10.1. The summed E-state index contributed by atoms with van der Waals surface area (Å²) in [5.41, 5.74) is 6.20. The molecule has 0 radical (unpaired) electrons. The maximum atomic E-state index is 11.7. The van der Waals surface area contributed by atoms with E-state index in [4.69, 9.17) is 11.0 Å². The molecule has 1 aliphatic rings. The molecule has 0 amide bonds. The summed E-state index contributed by atoms with van der Waals surface area (Å²) in [7, 11) is 0. The van der Waals surface area contributed by atoms with Gasteiger partial charge in [0.05, 0.1) is 17.0 Å². The van der Waals surface area contributed by atoms with Crippen LogP contribution in [0.3, 0.4) is 0 Å². The minimum atomic E-state index is -0.872. The van der Waals surface area contributed by atoms with Gasteiger partial charge in [-0.25, -0.2) is 0 Å². The first kappa shape index (κ1) is 12.6. The second kappa shape index (κ2) is 4.79.